The molecule has 18 heavy (non-hydrogen) atoms. The van der Waals surface area contributed by atoms with E-state index in [0.29, 0.717) is 17.0 Å². The van der Waals surface area contributed by atoms with Crippen LogP contribution in [0.25, 0.3) is 0 Å². The summed E-state index contributed by atoms with van der Waals surface area (Å²) in [6, 6.07) is 0.542. The van der Waals surface area contributed by atoms with Crippen LogP contribution in [0, 0.1) is 0 Å². The molecule has 1 aliphatic rings. The Bertz CT molecular complexity index is 263. The zero-order valence-electron chi connectivity index (χ0n) is 12.1. The van der Waals surface area contributed by atoms with Crippen molar-refractivity contribution in [1.29, 1.82) is 0 Å². The Morgan fingerprint density at radius 1 is 1.28 bits per heavy atom. The maximum absolute atomic E-state index is 11.7. The van der Waals surface area contributed by atoms with Crippen LogP contribution in [0.15, 0.2) is 0 Å². The Morgan fingerprint density at radius 2 is 1.94 bits per heavy atom. The second kappa shape index (κ2) is 7.39. The molecule has 3 nitrogen and oxygen atoms in total. The summed E-state index contributed by atoms with van der Waals surface area (Å²) in [5, 5.41) is 3.94. The van der Waals surface area contributed by atoms with Crippen molar-refractivity contribution in [2.24, 2.45) is 0 Å². The van der Waals surface area contributed by atoms with Crippen LogP contribution in [-0.4, -0.2) is 35.7 Å². The van der Waals surface area contributed by atoms with Crippen molar-refractivity contribution < 1.29 is 9.53 Å². The number of hydrogen-bond donors (Lipinski definition) is 1. The maximum atomic E-state index is 11.7. The molecule has 2 atom stereocenters. The van der Waals surface area contributed by atoms with Gasteiger partial charge in [0.1, 0.15) is 5.60 Å². The molecule has 0 heterocycles. The Hall–Kier alpha value is -0.220. The van der Waals surface area contributed by atoms with Crippen LogP contribution < -0.4 is 5.32 Å². The van der Waals surface area contributed by atoms with Gasteiger partial charge in [-0.05, 0) is 40.7 Å². The van der Waals surface area contributed by atoms with E-state index in [-0.39, 0.29) is 11.6 Å². The molecule has 0 saturated heterocycles. The van der Waals surface area contributed by atoms with Gasteiger partial charge in [-0.15, -0.1) is 11.8 Å². The first kappa shape index (κ1) is 15.8. The summed E-state index contributed by atoms with van der Waals surface area (Å²) in [5.41, 5.74) is -0.372. The standard InChI is InChI=1S/C14H27NO2S/c1-14(2,3)17-13(16)10-18-12-9-7-5-6-8-11(12)15-4/h11-12,15H,5-10H2,1-4H3. The molecule has 0 aromatic rings. The fourth-order valence-electron chi connectivity index (χ4n) is 2.35. The Labute approximate surface area is 115 Å². The van der Waals surface area contributed by atoms with Gasteiger partial charge >= 0.3 is 5.97 Å². The molecule has 4 heteroatoms. The van der Waals surface area contributed by atoms with Crippen LogP contribution in [0.2, 0.25) is 0 Å². The zero-order chi connectivity index (χ0) is 13.6. The molecule has 0 spiro atoms. The van der Waals surface area contributed by atoms with Crippen molar-refractivity contribution in [3.63, 3.8) is 0 Å². The van der Waals surface area contributed by atoms with Gasteiger partial charge in [0, 0.05) is 11.3 Å². The van der Waals surface area contributed by atoms with Crippen LogP contribution in [-0.2, 0) is 9.53 Å². The second-order valence-electron chi connectivity index (χ2n) is 5.97. The van der Waals surface area contributed by atoms with Crippen LogP contribution in [0.3, 0.4) is 0 Å². The van der Waals surface area contributed by atoms with E-state index < -0.39 is 0 Å². The van der Waals surface area contributed by atoms with Gasteiger partial charge in [0.2, 0.25) is 0 Å². The topological polar surface area (TPSA) is 38.3 Å². The second-order valence-corrected chi connectivity index (χ2v) is 7.20. The first-order chi connectivity index (χ1) is 8.42. The number of carbonyl (C=O) groups excluding carboxylic acids is 1. The third-order valence-corrected chi connectivity index (χ3v) is 4.55. The third kappa shape index (κ3) is 6.10. The van der Waals surface area contributed by atoms with Gasteiger partial charge in [-0.25, -0.2) is 0 Å². The number of hydrogen-bond acceptors (Lipinski definition) is 4. The highest BCUT2D eigenvalue weighted by atomic mass is 32.2. The average molecular weight is 273 g/mol. The molecule has 106 valence electrons. The first-order valence-corrected chi connectivity index (χ1v) is 7.98. The van der Waals surface area contributed by atoms with E-state index in [1.807, 2.05) is 27.8 Å². The van der Waals surface area contributed by atoms with Gasteiger partial charge in [0.15, 0.2) is 0 Å². The lowest BCUT2D eigenvalue weighted by Crippen LogP contribution is -2.35. The van der Waals surface area contributed by atoms with Crippen molar-refractivity contribution in [3.05, 3.63) is 0 Å². The monoisotopic (exact) mass is 273 g/mol. The van der Waals surface area contributed by atoms with Crippen LogP contribution in [0.4, 0.5) is 0 Å². The normalized spacial score (nSPS) is 25.6. The largest absolute Gasteiger partial charge is 0.459 e. The Kier molecular flexibility index (Phi) is 6.50. The molecular weight excluding hydrogens is 246 g/mol. The minimum Gasteiger partial charge on any atom is -0.459 e. The van der Waals surface area contributed by atoms with E-state index in [0.717, 1.165) is 0 Å². The summed E-state index contributed by atoms with van der Waals surface area (Å²) in [6.45, 7) is 5.74. The zero-order valence-corrected chi connectivity index (χ0v) is 12.9. The lowest BCUT2D eigenvalue weighted by molar-refractivity contribution is -0.151. The molecule has 0 aromatic heterocycles. The quantitative estimate of drug-likeness (QED) is 0.631. The smallest absolute Gasteiger partial charge is 0.316 e. The predicted octanol–water partition coefficient (Wildman–Crippen LogP) is 2.98. The SMILES string of the molecule is CNC1CCCCCC1SCC(=O)OC(C)(C)C. The Morgan fingerprint density at radius 3 is 2.56 bits per heavy atom. The van der Waals surface area contributed by atoms with Crippen LogP contribution in [0.5, 0.6) is 0 Å². The van der Waals surface area contributed by atoms with Gasteiger partial charge in [-0.1, -0.05) is 19.3 Å². The van der Waals surface area contributed by atoms with E-state index in [9.17, 15) is 4.79 Å². The molecule has 1 saturated carbocycles. The molecule has 0 bridgehead atoms. The molecule has 0 radical (unpaired) electrons. The lowest BCUT2D eigenvalue weighted by atomic mass is 10.1. The number of rotatable bonds is 4. The highest BCUT2D eigenvalue weighted by Gasteiger charge is 2.24. The van der Waals surface area contributed by atoms with Crippen molar-refractivity contribution in [2.75, 3.05) is 12.8 Å². The number of nitrogens with one attached hydrogen (secondary N) is 1. The number of thioether (sulfide) groups is 1. The number of carbonyl (C=O) groups is 1. The van der Waals surface area contributed by atoms with Gasteiger partial charge < -0.3 is 10.1 Å². The summed E-state index contributed by atoms with van der Waals surface area (Å²) in [5.74, 6) is 0.381. The van der Waals surface area contributed by atoms with Crippen LogP contribution in [0.1, 0.15) is 52.9 Å². The minimum atomic E-state index is -0.372. The van der Waals surface area contributed by atoms with E-state index in [2.05, 4.69) is 5.32 Å². The third-order valence-electron chi connectivity index (χ3n) is 3.16. The summed E-state index contributed by atoms with van der Waals surface area (Å²) < 4.78 is 5.35. The summed E-state index contributed by atoms with van der Waals surface area (Å²) >= 11 is 1.76. The van der Waals surface area contributed by atoms with E-state index in [4.69, 9.17) is 4.74 Å². The van der Waals surface area contributed by atoms with E-state index >= 15 is 0 Å². The molecular formula is C14H27NO2S. The highest BCUT2D eigenvalue weighted by Crippen LogP contribution is 2.28. The lowest BCUT2D eigenvalue weighted by Gasteiger charge is -2.25. The first-order valence-electron chi connectivity index (χ1n) is 6.93. The fourth-order valence-corrected chi connectivity index (χ4v) is 3.60. The summed E-state index contributed by atoms with van der Waals surface area (Å²) in [7, 11) is 2.02. The fraction of sp³-hybridized carbons (Fsp3) is 0.929. The van der Waals surface area contributed by atoms with Gasteiger partial charge in [-0.2, -0.15) is 0 Å². The number of ether oxygens (including phenoxy) is 1. The highest BCUT2D eigenvalue weighted by molar-refractivity contribution is 8.00. The van der Waals surface area contributed by atoms with Gasteiger partial charge in [0.05, 0.1) is 5.75 Å². The summed E-state index contributed by atoms with van der Waals surface area (Å²) in [6.07, 6.45) is 6.34. The Balaban J connectivity index is 2.37. The molecule has 0 aliphatic heterocycles. The van der Waals surface area contributed by atoms with Crippen molar-refractivity contribution in [1.82, 2.24) is 5.32 Å². The molecule has 1 aliphatic carbocycles. The van der Waals surface area contributed by atoms with E-state index in [1.165, 1.54) is 32.1 Å². The molecule has 0 amide bonds. The van der Waals surface area contributed by atoms with Crippen molar-refractivity contribution in [2.45, 2.75) is 69.8 Å². The van der Waals surface area contributed by atoms with Gasteiger partial charge in [0.25, 0.3) is 0 Å². The molecule has 2 unspecified atom stereocenters. The molecule has 1 fully saturated rings. The molecule has 1 rings (SSSR count). The average Bonchev–Trinajstić information content (AvgIpc) is 2.48. The minimum absolute atomic E-state index is 0.0911. The summed E-state index contributed by atoms with van der Waals surface area (Å²) in [4.78, 5) is 11.7. The molecule has 0 aromatic carbocycles. The van der Waals surface area contributed by atoms with E-state index in [1.54, 1.807) is 11.8 Å². The van der Waals surface area contributed by atoms with Crippen molar-refractivity contribution in [3.8, 4) is 0 Å². The number of esters is 1. The predicted molar refractivity (Wildman–Crippen MR) is 78.0 cm³/mol. The molecule has 1 N–H and O–H groups in total. The van der Waals surface area contributed by atoms with Crippen molar-refractivity contribution >= 4 is 17.7 Å². The van der Waals surface area contributed by atoms with Crippen LogP contribution >= 0.6 is 11.8 Å². The maximum Gasteiger partial charge on any atom is 0.316 e. The van der Waals surface area contributed by atoms with Gasteiger partial charge in [-0.3, -0.25) is 4.79 Å².